The summed E-state index contributed by atoms with van der Waals surface area (Å²) in [5.74, 6) is -2.53. The molecule has 0 saturated carbocycles. The predicted molar refractivity (Wildman–Crippen MR) is 42.5 cm³/mol. The fourth-order valence-corrected chi connectivity index (χ4v) is 1.01. The molecule has 0 fully saturated rings. The van der Waals surface area contributed by atoms with Crippen LogP contribution >= 0.6 is 0 Å². The van der Waals surface area contributed by atoms with Gasteiger partial charge in [-0.15, -0.1) is 5.10 Å². The molecule has 0 aliphatic carbocycles. The summed E-state index contributed by atoms with van der Waals surface area (Å²) in [5, 5.41) is 5.39. The molecule has 72 valence electrons. The van der Waals surface area contributed by atoms with Crippen LogP contribution in [0.4, 0.5) is 8.78 Å². The summed E-state index contributed by atoms with van der Waals surface area (Å²) in [6, 6.07) is 2.88. The van der Waals surface area contributed by atoms with Gasteiger partial charge in [-0.2, -0.15) is 0 Å². The third kappa shape index (κ3) is 1.41. The van der Waals surface area contributed by atoms with E-state index in [-0.39, 0.29) is 11.5 Å². The van der Waals surface area contributed by atoms with Crippen LogP contribution in [0.15, 0.2) is 27.4 Å². The van der Waals surface area contributed by atoms with Crippen LogP contribution in [0.1, 0.15) is 0 Å². The van der Waals surface area contributed by atoms with E-state index >= 15 is 0 Å². The quantitative estimate of drug-likeness (QED) is 0.751. The molecule has 0 radical (unpaired) electrons. The Morgan fingerprint density at radius 1 is 1.36 bits per heavy atom. The molecular weight excluding hydrogens is 194 g/mol. The number of aromatic nitrogens is 2. The maximum Gasteiger partial charge on any atom is 0.434 e. The summed E-state index contributed by atoms with van der Waals surface area (Å²) < 4.78 is 30.1. The molecule has 0 aliphatic rings. The third-order valence-corrected chi connectivity index (χ3v) is 1.60. The molecule has 6 heteroatoms. The Labute approximate surface area is 76.2 Å². The standard InChI is InChI=1S/C8H4F2N2O2/c9-4-1-2-5(6(10)3-4)7-11-12-8(13)14-7/h1-3H,(H,12,13). The summed E-state index contributed by atoms with van der Waals surface area (Å²) in [6.07, 6.45) is 0. The van der Waals surface area contributed by atoms with Crippen LogP contribution in [0.3, 0.4) is 0 Å². The maximum atomic E-state index is 13.1. The second-order valence-corrected chi connectivity index (χ2v) is 2.54. The van der Waals surface area contributed by atoms with Crippen LogP contribution in [-0.4, -0.2) is 10.2 Å². The van der Waals surface area contributed by atoms with Crippen LogP contribution in [0.5, 0.6) is 0 Å². The molecule has 2 aromatic rings. The number of hydrogen-bond acceptors (Lipinski definition) is 3. The maximum absolute atomic E-state index is 13.1. The number of nitrogens with one attached hydrogen (secondary N) is 1. The SMILES string of the molecule is O=c1[nH]nc(-c2ccc(F)cc2F)o1. The van der Waals surface area contributed by atoms with Gasteiger partial charge in [0.25, 0.3) is 5.89 Å². The summed E-state index contributed by atoms with van der Waals surface area (Å²) in [6.45, 7) is 0. The molecule has 0 amide bonds. The van der Waals surface area contributed by atoms with Gasteiger partial charge in [0.2, 0.25) is 0 Å². The van der Waals surface area contributed by atoms with E-state index in [4.69, 9.17) is 0 Å². The van der Waals surface area contributed by atoms with E-state index in [1.165, 1.54) is 0 Å². The van der Waals surface area contributed by atoms with Gasteiger partial charge in [-0.1, -0.05) is 0 Å². The summed E-state index contributed by atoms with van der Waals surface area (Å²) in [4.78, 5) is 10.6. The lowest BCUT2D eigenvalue weighted by Crippen LogP contribution is -1.93. The molecule has 0 spiro atoms. The largest absolute Gasteiger partial charge is 0.434 e. The summed E-state index contributed by atoms with van der Waals surface area (Å²) in [5.41, 5.74) is -0.0650. The molecule has 0 bridgehead atoms. The monoisotopic (exact) mass is 198 g/mol. The average molecular weight is 198 g/mol. The molecule has 0 atom stereocenters. The van der Waals surface area contributed by atoms with E-state index in [0.717, 1.165) is 12.1 Å². The highest BCUT2D eigenvalue weighted by atomic mass is 19.1. The number of aromatic amines is 1. The van der Waals surface area contributed by atoms with E-state index in [1.54, 1.807) is 0 Å². The van der Waals surface area contributed by atoms with Gasteiger partial charge in [-0.05, 0) is 12.1 Å². The molecule has 2 rings (SSSR count). The predicted octanol–water partition coefficient (Wildman–Crippen LogP) is 1.31. The Kier molecular flexibility index (Phi) is 1.88. The molecule has 1 heterocycles. The van der Waals surface area contributed by atoms with Crippen LogP contribution < -0.4 is 5.76 Å². The first-order valence-electron chi connectivity index (χ1n) is 3.68. The van der Waals surface area contributed by atoms with E-state index in [0.29, 0.717) is 6.07 Å². The van der Waals surface area contributed by atoms with Crippen molar-refractivity contribution in [2.24, 2.45) is 0 Å². The third-order valence-electron chi connectivity index (χ3n) is 1.60. The molecule has 1 N–H and O–H groups in total. The van der Waals surface area contributed by atoms with Gasteiger partial charge in [0.1, 0.15) is 11.6 Å². The van der Waals surface area contributed by atoms with E-state index in [2.05, 4.69) is 9.52 Å². The highest BCUT2D eigenvalue weighted by Crippen LogP contribution is 2.19. The number of benzene rings is 1. The van der Waals surface area contributed by atoms with E-state index in [9.17, 15) is 13.6 Å². The Morgan fingerprint density at radius 3 is 2.71 bits per heavy atom. The lowest BCUT2D eigenvalue weighted by atomic mass is 10.2. The number of hydrogen-bond donors (Lipinski definition) is 1. The Morgan fingerprint density at radius 2 is 2.14 bits per heavy atom. The zero-order chi connectivity index (χ0) is 10.1. The van der Waals surface area contributed by atoms with Crippen molar-refractivity contribution >= 4 is 0 Å². The van der Waals surface area contributed by atoms with Crippen molar-refractivity contribution in [3.05, 3.63) is 40.4 Å². The minimum Gasteiger partial charge on any atom is -0.388 e. The van der Waals surface area contributed by atoms with Crippen molar-refractivity contribution in [1.29, 1.82) is 0 Å². The van der Waals surface area contributed by atoms with Crippen molar-refractivity contribution in [1.82, 2.24) is 10.2 Å². The van der Waals surface area contributed by atoms with Gasteiger partial charge in [-0.25, -0.2) is 18.7 Å². The number of halogens is 2. The van der Waals surface area contributed by atoms with Crippen LogP contribution in [0.2, 0.25) is 0 Å². The molecule has 0 unspecified atom stereocenters. The first-order valence-corrected chi connectivity index (χ1v) is 3.68. The molecule has 14 heavy (non-hydrogen) atoms. The fraction of sp³-hybridized carbons (Fsp3) is 0. The van der Waals surface area contributed by atoms with E-state index < -0.39 is 17.4 Å². The molecule has 0 saturated heterocycles. The van der Waals surface area contributed by atoms with Crippen molar-refractivity contribution in [3.8, 4) is 11.5 Å². The normalized spacial score (nSPS) is 10.4. The fourth-order valence-electron chi connectivity index (χ4n) is 1.01. The average Bonchev–Trinajstić information content (AvgIpc) is 2.51. The Hall–Kier alpha value is -1.98. The number of nitrogens with zero attached hydrogens (tertiary/aromatic N) is 1. The number of H-pyrrole nitrogens is 1. The summed E-state index contributed by atoms with van der Waals surface area (Å²) >= 11 is 0. The molecular formula is C8H4F2N2O2. The summed E-state index contributed by atoms with van der Waals surface area (Å²) in [7, 11) is 0. The minimum absolute atomic E-state index is 0.0650. The second-order valence-electron chi connectivity index (χ2n) is 2.54. The topological polar surface area (TPSA) is 58.9 Å². The van der Waals surface area contributed by atoms with E-state index in [1.807, 2.05) is 5.10 Å². The first-order chi connectivity index (χ1) is 6.66. The van der Waals surface area contributed by atoms with Crippen molar-refractivity contribution in [2.45, 2.75) is 0 Å². The lowest BCUT2D eigenvalue weighted by molar-refractivity contribution is 0.519. The second kappa shape index (κ2) is 3.06. The zero-order valence-electron chi connectivity index (χ0n) is 6.75. The van der Waals surface area contributed by atoms with Gasteiger partial charge in [0.05, 0.1) is 5.56 Å². The Balaban J connectivity index is 2.57. The Bertz CT molecular complexity index is 518. The first kappa shape index (κ1) is 8.61. The van der Waals surface area contributed by atoms with Gasteiger partial charge in [0.15, 0.2) is 0 Å². The van der Waals surface area contributed by atoms with Gasteiger partial charge in [0, 0.05) is 6.07 Å². The van der Waals surface area contributed by atoms with Gasteiger partial charge >= 0.3 is 5.76 Å². The lowest BCUT2D eigenvalue weighted by Gasteiger charge is -1.95. The van der Waals surface area contributed by atoms with Gasteiger partial charge < -0.3 is 4.42 Å². The van der Waals surface area contributed by atoms with Crippen molar-refractivity contribution < 1.29 is 13.2 Å². The van der Waals surface area contributed by atoms with Crippen molar-refractivity contribution in [3.63, 3.8) is 0 Å². The molecule has 1 aromatic carbocycles. The molecule has 1 aromatic heterocycles. The van der Waals surface area contributed by atoms with Crippen LogP contribution in [0, 0.1) is 11.6 Å². The van der Waals surface area contributed by atoms with Crippen molar-refractivity contribution in [2.75, 3.05) is 0 Å². The molecule has 0 aliphatic heterocycles. The minimum atomic E-state index is -0.833. The highest BCUT2D eigenvalue weighted by molar-refractivity contribution is 5.52. The smallest absolute Gasteiger partial charge is 0.388 e. The van der Waals surface area contributed by atoms with Crippen LogP contribution in [0.25, 0.3) is 11.5 Å². The molecule has 4 nitrogen and oxygen atoms in total. The zero-order valence-corrected chi connectivity index (χ0v) is 6.75. The van der Waals surface area contributed by atoms with Gasteiger partial charge in [-0.3, -0.25) is 0 Å². The number of rotatable bonds is 1. The van der Waals surface area contributed by atoms with Crippen LogP contribution in [-0.2, 0) is 0 Å². The highest BCUT2D eigenvalue weighted by Gasteiger charge is 2.11.